The molecule has 2 saturated heterocycles. The molecule has 3 rings (SSSR count). The Kier molecular flexibility index (Phi) is 4.70. The number of piperidine rings is 1. The summed E-state index contributed by atoms with van der Waals surface area (Å²) >= 11 is 0. The van der Waals surface area contributed by atoms with Crippen molar-refractivity contribution in [2.75, 3.05) is 13.1 Å². The first-order valence-corrected chi connectivity index (χ1v) is 7.73. The van der Waals surface area contributed by atoms with Crippen molar-refractivity contribution in [3.05, 3.63) is 29.8 Å². The summed E-state index contributed by atoms with van der Waals surface area (Å²) in [5.41, 5.74) is 1.10. The maximum absolute atomic E-state index is 12.1. The summed E-state index contributed by atoms with van der Waals surface area (Å²) in [6, 6.07) is 8.13. The van der Waals surface area contributed by atoms with Crippen LogP contribution in [0.25, 0.3) is 0 Å². The van der Waals surface area contributed by atoms with E-state index in [-0.39, 0.29) is 5.75 Å². The maximum atomic E-state index is 12.1. The number of benzene rings is 1. The number of ether oxygens (including phenoxy) is 1. The minimum Gasteiger partial charge on any atom is -0.435 e. The number of alkyl halides is 2. The summed E-state index contributed by atoms with van der Waals surface area (Å²) in [6.45, 7) is 0.459. The molecule has 2 fully saturated rings. The molecule has 0 aromatic heterocycles. The molecule has 0 spiro atoms. The van der Waals surface area contributed by atoms with E-state index in [0.717, 1.165) is 12.1 Å². The molecule has 1 aromatic carbocycles. The van der Waals surface area contributed by atoms with Crippen molar-refractivity contribution in [3.63, 3.8) is 0 Å². The molecule has 5 heteroatoms. The number of hydrogen-bond donors (Lipinski definition) is 1. The number of nitrogens with zero attached hydrogens (tertiary/aromatic N) is 1. The summed E-state index contributed by atoms with van der Waals surface area (Å²) in [7, 11) is 0. The van der Waals surface area contributed by atoms with E-state index < -0.39 is 6.61 Å². The third-order valence-electron chi connectivity index (χ3n) is 4.57. The minimum atomic E-state index is -2.76. The van der Waals surface area contributed by atoms with Crippen LogP contribution < -0.4 is 10.1 Å². The van der Waals surface area contributed by atoms with E-state index in [1.165, 1.54) is 38.8 Å². The van der Waals surface area contributed by atoms with Crippen molar-refractivity contribution in [3.8, 4) is 5.75 Å². The predicted octanol–water partition coefficient (Wildman–Crippen LogP) is 3.00. The molecule has 0 bridgehead atoms. The van der Waals surface area contributed by atoms with Crippen molar-refractivity contribution >= 4 is 0 Å². The molecule has 1 N–H and O–H groups in total. The molecule has 2 aliphatic rings. The van der Waals surface area contributed by atoms with Gasteiger partial charge in [0.2, 0.25) is 0 Å². The van der Waals surface area contributed by atoms with Crippen LogP contribution in [0.15, 0.2) is 24.3 Å². The fraction of sp³-hybridized carbons (Fsp3) is 0.625. The molecular weight excluding hydrogens is 274 g/mol. The normalized spacial score (nSPS) is 26.0. The zero-order valence-electron chi connectivity index (χ0n) is 12.1. The lowest BCUT2D eigenvalue weighted by Crippen LogP contribution is -2.44. The average molecular weight is 296 g/mol. The number of hydrogen-bond acceptors (Lipinski definition) is 3. The molecule has 2 heterocycles. The van der Waals surface area contributed by atoms with Gasteiger partial charge in [-0.2, -0.15) is 8.78 Å². The highest BCUT2D eigenvalue weighted by atomic mass is 19.3. The third kappa shape index (κ3) is 3.71. The van der Waals surface area contributed by atoms with Crippen LogP contribution in [0.4, 0.5) is 8.78 Å². The van der Waals surface area contributed by atoms with Crippen molar-refractivity contribution in [2.24, 2.45) is 0 Å². The van der Waals surface area contributed by atoms with Crippen molar-refractivity contribution in [2.45, 2.75) is 50.9 Å². The van der Waals surface area contributed by atoms with Crippen molar-refractivity contribution < 1.29 is 13.5 Å². The summed E-state index contributed by atoms with van der Waals surface area (Å²) < 4.78 is 28.5. The molecule has 2 aliphatic heterocycles. The van der Waals surface area contributed by atoms with E-state index >= 15 is 0 Å². The molecule has 3 nitrogen and oxygen atoms in total. The Morgan fingerprint density at radius 3 is 2.71 bits per heavy atom. The largest absolute Gasteiger partial charge is 0.435 e. The molecule has 0 amide bonds. The van der Waals surface area contributed by atoms with Gasteiger partial charge in [0, 0.05) is 25.2 Å². The predicted molar refractivity (Wildman–Crippen MR) is 77.5 cm³/mol. The first kappa shape index (κ1) is 14.7. The van der Waals surface area contributed by atoms with Crippen LogP contribution in [0.1, 0.15) is 31.2 Å². The van der Waals surface area contributed by atoms with Crippen molar-refractivity contribution in [1.29, 1.82) is 0 Å². The second kappa shape index (κ2) is 6.71. The lowest BCUT2D eigenvalue weighted by Gasteiger charge is -2.32. The van der Waals surface area contributed by atoms with Crippen LogP contribution in [-0.2, 0) is 6.54 Å². The van der Waals surface area contributed by atoms with Gasteiger partial charge >= 0.3 is 6.61 Å². The summed E-state index contributed by atoms with van der Waals surface area (Å²) in [5.74, 6) is 0.216. The van der Waals surface area contributed by atoms with Crippen LogP contribution in [-0.4, -0.2) is 36.7 Å². The smallest absolute Gasteiger partial charge is 0.387 e. The van der Waals surface area contributed by atoms with Gasteiger partial charge in [-0.1, -0.05) is 18.6 Å². The van der Waals surface area contributed by atoms with E-state index in [0.29, 0.717) is 12.1 Å². The fourth-order valence-corrected chi connectivity index (χ4v) is 3.52. The van der Waals surface area contributed by atoms with Gasteiger partial charge in [0.05, 0.1) is 0 Å². The quantitative estimate of drug-likeness (QED) is 0.904. The van der Waals surface area contributed by atoms with Gasteiger partial charge in [-0.15, -0.1) is 0 Å². The van der Waals surface area contributed by atoms with Crippen LogP contribution in [0, 0.1) is 0 Å². The highest BCUT2D eigenvalue weighted by Gasteiger charge is 2.34. The standard InChI is InChI=1S/C16H22F2N2O/c17-16(18)21-13-6-4-12(5-7-13)11-19-14-8-10-20-9-2-1-3-15(14)20/h4-7,14-16,19H,1-3,8-11H2. The van der Waals surface area contributed by atoms with Gasteiger partial charge in [0.1, 0.15) is 5.75 Å². The van der Waals surface area contributed by atoms with E-state index in [4.69, 9.17) is 0 Å². The Bertz CT molecular complexity index is 452. The molecule has 116 valence electrons. The maximum Gasteiger partial charge on any atom is 0.387 e. The Balaban J connectivity index is 1.50. The van der Waals surface area contributed by atoms with Crippen LogP contribution in [0.5, 0.6) is 5.75 Å². The molecule has 2 atom stereocenters. The number of halogens is 2. The molecule has 0 saturated carbocycles. The van der Waals surface area contributed by atoms with Crippen LogP contribution >= 0.6 is 0 Å². The molecule has 1 aromatic rings. The number of fused-ring (bicyclic) bond motifs is 1. The van der Waals surface area contributed by atoms with Crippen LogP contribution in [0.3, 0.4) is 0 Å². The molecule has 2 unspecified atom stereocenters. The molecule has 0 aliphatic carbocycles. The fourth-order valence-electron chi connectivity index (χ4n) is 3.52. The van der Waals surface area contributed by atoms with Gasteiger partial charge in [-0.25, -0.2) is 0 Å². The number of nitrogens with one attached hydrogen (secondary N) is 1. The highest BCUT2D eigenvalue weighted by Crippen LogP contribution is 2.27. The highest BCUT2D eigenvalue weighted by molar-refractivity contribution is 5.27. The van der Waals surface area contributed by atoms with Gasteiger partial charge in [0.15, 0.2) is 0 Å². The second-order valence-electron chi connectivity index (χ2n) is 5.90. The number of rotatable bonds is 5. The SMILES string of the molecule is FC(F)Oc1ccc(CNC2CCN3CCCCC23)cc1. The Labute approximate surface area is 124 Å². The topological polar surface area (TPSA) is 24.5 Å². The van der Waals surface area contributed by atoms with E-state index in [9.17, 15) is 8.78 Å². The lowest BCUT2D eigenvalue weighted by atomic mass is 9.99. The molecular formula is C16H22F2N2O. The van der Waals surface area contributed by atoms with Crippen LogP contribution in [0.2, 0.25) is 0 Å². The van der Waals surface area contributed by atoms with Gasteiger partial charge < -0.3 is 10.1 Å². The summed E-state index contributed by atoms with van der Waals surface area (Å²) in [6.07, 6.45) is 5.16. The Morgan fingerprint density at radius 2 is 1.95 bits per heavy atom. The van der Waals surface area contributed by atoms with Gasteiger partial charge in [-0.3, -0.25) is 4.90 Å². The van der Waals surface area contributed by atoms with E-state index in [1.54, 1.807) is 12.1 Å². The van der Waals surface area contributed by atoms with E-state index in [2.05, 4.69) is 15.0 Å². The third-order valence-corrected chi connectivity index (χ3v) is 4.57. The van der Waals surface area contributed by atoms with Crippen molar-refractivity contribution in [1.82, 2.24) is 10.2 Å². The van der Waals surface area contributed by atoms with E-state index in [1.807, 2.05) is 12.1 Å². The Hall–Kier alpha value is -1.20. The van der Waals surface area contributed by atoms with Gasteiger partial charge in [-0.05, 0) is 43.5 Å². The first-order chi connectivity index (χ1) is 10.2. The first-order valence-electron chi connectivity index (χ1n) is 7.73. The minimum absolute atomic E-state index is 0.216. The molecule has 21 heavy (non-hydrogen) atoms. The second-order valence-corrected chi connectivity index (χ2v) is 5.90. The summed E-state index contributed by atoms with van der Waals surface area (Å²) in [4.78, 5) is 2.60. The van der Waals surface area contributed by atoms with Gasteiger partial charge in [0.25, 0.3) is 0 Å². The lowest BCUT2D eigenvalue weighted by molar-refractivity contribution is -0.0498. The zero-order valence-corrected chi connectivity index (χ0v) is 12.1. The average Bonchev–Trinajstić information content (AvgIpc) is 2.89. The Morgan fingerprint density at radius 1 is 1.14 bits per heavy atom. The summed E-state index contributed by atoms with van der Waals surface area (Å²) in [5, 5.41) is 3.63. The zero-order chi connectivity index (χ0) is 14.7. The molecule has 0 radical (unpaired) electrons. The monoisotopic (exact) mass is 296 g/mol.